The van der Waals surface area contributed by atoms with Gasteiger partial charge >= 0.3 is 0 Å². The molecule has 1 saturated heterocycles. The van der Waals surface area contributed by atoms with Crippen molar-refractivity contribution in [3.8, 4) is 5.75 Å². The first-order valence-electron chi connectivity index (χ1n) is 9.45. The topological polar surface area (TPSA) is 81.5 Å². The number of alkyl halides is 2. The van der Waals surface area contributed by atoms with Crippen molar-refractivity contribution in [2.45, 2.75) is 37.1 Å². The Balaban J connectivity index is 1.41. The predicted molar refractivity (Wildman–Crippen MR) is 101 cm³/mol. The minimum atomic E-state index is -3.59. The van der Waals surface area contributed by atoms with E-state index in [0.29, 0.717) is 45.5 Å². The highest BCUT2D eigenvalue weighted by Gasteiger charge is 2.30. The highest BCUT2D eigenvalue weighted by atomic mass is 32.2. The summed E-state index contributed by atoms with van der Waals surface area (Å²) in [6.45, 7) is 1.59. The van der Waals surface area contributed by atoms with Crippen LogP contribution in [0.2, 0.25) is 0 Å². The van der Waals surface area contributed by atoms with Gasteiger partial charge in [0.15, 0.2) is 0 Å². The van der Waals surface area contributed by atoms with E-state index in [9.17, 15) is 22.0 Å². The quantitative estimate of drug-likeness (QED) is 0.734. The number of benzene rings is 1. The van der Waals surface area contributed by atoms with Crippen LogP contribution in [-0.2, 0) is 23.0 Å². The van der Waals surface area contributed by atoms with E-state index in [1.165, 1.54) is 8.87 Å². The van der Waals surface area contributed by atoms with Crippen molar-refractivity contribution < 1.29 is 21.9 Å². The van der Waals surface area contributed by atoms with Crippen LogP contribution >= 0.6 is 0 Å². The fraction of sp³-hybridized carbons (Fsp3) is 0.474. The molecule has 0 unspecified atom stereocenters. The Morgan fingerprint density at radius 2 is 1.97 bits per heavy atom. The number of hydrogen-bond acceptors (Lipinski definition) is 5. The van der Waals surface area contributed by atoms with E-state index in [1.54, 1.807) is 18.2 Å². The molecule has 0 spiro atoms. The largest absolute Gasteiger partial charge is 0.493 e. The molecule has 4 rings (SSSR count). The second-order valence-corrected chi connectivity index (χ2v) is 9.26. The molecule has 3 heterocycles. The lowest BCUT2D eigenvalue weighted by Crippen LogP contribution is -2.40. The van der Waals surface area contributed by atoms with Crippen molar-refractivity contribution in [2.24, 2.45) is 5.92 Å². The van der Waals surface area contributed by atoms with E-state index in [1.807, 2.05) is 0 Å². The second kappa shape index (κ2) is 7.83. The van der Waals surface area contributed by atoms with Crippen molar-refractivity contribution in [1.82, 2.24) is 13.9 Å². The number of hydrogen-bond donors (Lipinski definition) is 0. The minimum Gasteiger partial charge on any atom is -0.493 e. The summed E-state index contributed by atoms with van der Waals surface area (Å²) in [5, 5.41) is 0. The number of ether oxygens (including phenoxy) is 1. The maximum atomic E-state index is 13.0. The second-order valence-electron chi connectivity index (χ2n) is 7.32. The first kappa shape index (κ1) is 20.0. The van der Waals surface area contributed by atoms with Gasteiger partial charge in [0.25, 0.3) is 12.0 Å². The van der Waals surface area contributed by atoms with Gasteiger partial charge in [0.1, 0.15) is 11.4 Å². The molecule has 7 nitrogen and oxygen atoms in total. The van der Waals surface area contributed by atoms with E-state index in [-0.39, 0.29) is 10.8 Å². The molecule has 10 heteroatoms. The summed E-state index contributed by atoms with van der Waals surface area (Å²) in [5.41, 5.74) is -0.155. The van der Waals surface area contributed by atoms with Gasteiger partial charge in [-0.3, -0.25) is 9.36 Å². The first-order chi connectivity index (χ1) is 13.8. The molecular weight excluding hydrogens is 404 g/mol. The number of piperidine rings is 1. The van der Waals surface area contributed by atoms with Crippen molar-refractivity contribution in [3.05, 3.63) is 52.2 Å². The van der Waals surface area contributed by atoms with Gasteiger partial charge in [0.2, 0.25) is 10.0 Å². The Morgan fingerprint density at radius 3 is 2.66 bits per heavy atom. The lowest BCUT2D eigenvalue weighted by Gasteiger charge is -2.31. The molecule has 1 aromatic carbocycles. The molecule has 0 bridgehead atoms. The number of rotatable bonds is 5. The Hall–Kier alpha value is -2.33. The number of aromatic nitrogens is 2. The molecule has 2 aromatic rings. The van der Waals surface area contributed by atoms with Gasteiger partial charge in [0.05, 0.1) is 17.8 Å². The number of halogens is 2. The van der Waals surface area contributed by atoms with E-state index in [0.717, 1.165) is 23.7 Å². The molecule has 1 fully saturated rings. The summed E-state index contributed by atoms with van der Waals surface area (Å²) >= 11 is 0. The molecule has 29 heavy (non-hydrogen) atoms. The van der Waals surface area contributed by atoms with Crippen LogP contribution in [0.5, 0.6) is 5.75 Å². The van der Waals surface area contributed by atoms with Crippen molar-refractivity contribution in [1.29, 1.82) is 0 Å². The summed E-state index contributed by atoms with van der Waals surface area (Å²) < 4.78 is 59.4. The normalized spacial score (nSPS) is 18.0. The Bertz CT molecular complexity index is 1060. The van der Waals surface area contributed by atoms with Gasteiger partial charge in [-0.25, -0.2) is 22.2 Å². The molecule has 0 atom stereocenters. The maximum absolute atomic E-state index is 13.0. The first-order valence-corrected chi connectivity index (χ1v) is 10.9. The zero-order valence-corrected chi connectivity index (χ0v) is 16.4. The summed E-state index contributed by atoms with van der Waals surface area (Å²) in [7, 11) is -3.59. The molecule has 0 amide bonds. The lowest BCUT2D eigenvalue weighted by molar-refractivity contribution is 0.145. The zero-order chi connectivity index (χ0) is 20.6. The van der Waals surface area contributed by atoms with Crippen molar-refractivity contribution in [3.63, 3.8) is 0 Å². The molecule has 0 saturated carbocycles. The van der Waals surface area contributed by atoms with Crippen LogP contribution in [0.1, 0.15) is 30.5 Å². The van der Waals surface area contributed by atoms with Crippen LogP contribution in [-0.4, -0.2) is 42.0 Å². The van der Waals surface area contributed by atoms with E-state index >= 15 is 0 Å². The van der Waals surface area contributed by atoms with Crippen LogP contribution < -0.4 is 10.3 Å². The smallest absolute Gasteiger partial charge is 0.280 e. The third-order valence-corrected chi connectivity index (χ3v) is 7.35. The number of fused-ring (bicyclic) bond motifs is 1. The Morgan fingerprint density at radius 1 is 1.21 bits per heavy atom. The molecule has 2 aliphatic heterocycles. The fourth-order valence-electron chi connectivity index (χ4n) is 3.78. The van der Waals surface area contributed by atoms with Gasteiger partial charge < -0.3 is 4.74 Å². The summed E-state index contributed by atoms with van der Waals surface area (Å²) in [6.07, 6.45) is 0.219. The molecule has 1 aromatic heterocycles. The van der Waals surface area contributed by atoms with Crippen LogP contribution in [0.25, 0.3) is 0 Å². The van der Waals surface area contributed by atoms with E-state index in [4.69, 9.17) is 4.74 Å². The molecular formula is C19H21F2N3O4S. The third-order valence-electron chi connectivity index (χ3n) is 5.45. The monoisotopic (exact) mass is 425 g/mol. The number of nitrogens with zero attached hydrogens (tertiary/aromatic N) is 3. The summed E-state index contributed by atoms with van der Waals surface area (Å²) in [6, 6.07) is 5.80. The van der Waals surface area contributed by atoms with Crippen LogP contribution in [0, 0.1) is 5.92 Å². The lowest BCUT2D eigenvalue weighted by atomic mass is 9.98. The summed E-state index contributed by atoms with van der Waals surface area (Å²) in [5.74, 6) is 0.811. The minimum absolute atomic E-state index is 0.0757. The Kier molecular flexibility index (Phi) is 5.39. The van der Waals surface area contributed by atoms with Crippen LogP contribution in [0.15, 0.2) is 40.3 Å². The third kappa shape index (κ3) is 4.04. The zero-order valence-electron chi connectivity index (χ0n) is 15.6. The highest BCUT2D eigenvalue weighted by Crippen LogP contribution is 2.30. The average molecular weight is 425 g/mol. The predicted octanol–water partition coefficient (Wildman–Crippen LogP) is 2.22. The van der Waals surface area contributed by atoms with Gasteiger partial charge in [0, 0.05) is 32.1 Å². The Labute approximate surface area is 167 Å². The highest BCUT2D eigenvalue weighted by molar-refractivity contribution is 7.89. The van der Waals surface area contributed by atoms with Crippen LogP contribution in [0.4, 0.5) is 8.78 Å². The average Bonchev–Trinajstić information content (AvgIpc) is 3.17. The molecule has 2 aliphatic rings. The maximum Gasteiger partial charge on any atom is 0.280 e. The standard InChI is InChI=1S/C19H21F2N3O4S/c20-19(21)16-10-18(25)23(12-22-16)11-13-3-6-24(7-4-13)29(26,27)15-1-2-17-14(9-15)5-8-28-17/h1-2,9-10,12-13,19H,3-8,11H2. The molecule has 0 N–H and O–H groups in total. The van der Waals surface area contributed by atoms with Crippen LogP contribution in [0.3, 0.4) is 0 Å². The number of sulfonamides is 1. The van der Waals surface area contributed by atoms with Gasteiger partial charge in [-0.2, -0.15) is 4.31 Å². The van der Waals surface area contributed by atoms with E-state index in [2.05, 4.69) is 4.98 Å². The fourth-order valence-corrected chi connectivity index (χ4v) is 5.30. The van der Waals surface area contributed by atoms with Gasteiger partial charge in [-0.15, -0.1) is 0 Å². The van der Waals surface area contributed by atoms with Gasteiger partial charge in [-0.1, -0.05) is 0 Å². The SMILES string of the molecule is O=c1cc(C(F)F)ncn1CC1CCN(S(=O)(=O)c2ccc3c(c2)CCO3)CC1. The molecule has 0 radical (unpaired) electrons. The van der Waals surface area contributed by atoms with Crippen molar-refractivity contribution in [2.75, 3.05) is 19.7 Å². The summed E-state index contributed by atoms with van der Waals surface area (Å²) in [4.78, 5) is 15.9. The van der Waals surface area contributed by atoms with E-state index < -0.39 is 27.7 Å². The molecule has 0 aliphatic carbocycles. The van der Waals surface area contributed by atoms with Gasteiger partial charge in [-0.05, 0) is 42.5 Å². The van der Waals surface area contributed by atoms with Crippen molar-refractivity contribution >= 4 is 10.0 Å². The molecule has 156 valence electrons.